The van der Waals surface area contributed by atoms with E-state index in [0.29, 0.717) is 0 Å². The molecule has 0 aliphatic rings. The molecule has 0 radical (unpaired) electrons. The van der Waals surface area contributed by atoms with E-state index < -0.39 is 0 Å². The molecule has 0 amide bonds. The Morgan fingerprint density at radius 2 is 1.75 bits per heavy atom. The van der Waals surface area contributed by atoms with Crippen LogP contribution in [0.1, 0.15) is 36.6 Å². The predicted octanol–water partition coefficient (Wildman–Crippen LogP) is 4.59. The molecule has 2 aromatic rings. The Balaban J connectivity index is 2.42. The highest BCUT2D eigenvalue weighted by molar-refractivity contribution is 9.10. The summed E-state index contributed by atoms with van der Waals surface area (Å²) in [5, 5.41) is 0. The smallest absolute Gasteiger partial charge is 0.124 e. The summed E-state index contributed by atoms with van der Waals surface area (Å²) in [7, 11) is 0. The molecular formula is C17H20BrNO. The molecular weight excluding hydrogens is 314 g/mol. The zero-order valence-electron chi connectivity index (χ0n) is 12.1. The van der Waals surface area contributed by atoms with E-state index in [4.69, 9.17) is 10.5 Å². The van der Waals surface area contributed by atoms with Crippen LogP contribution in [0.4, 0.5) is 0 Å². The van der Waals surface area contributed by atoms with Gasteiger partial charge in [0.15, 0.2) is 0 Å². The largest absolute Gasteiger partial charge is 0.491 e. The number of hydrogen-bond acceptors (Lipinski definition) is 2. The Hall–Kier alpha value is -1.32. The minimum absolute atomic E-state index is 0.129. The van der Waals surface area contributed by atoms with Gasteiger partial charge in [0.2, 0.25) is 0 Å². The maximum Gasteiger partial charge on any atom is 0.124 e. The maximum atomic E-state index is 6.45. The molecule has 0 aliphatic heterocycles. The van der Waals surface area contributed by atoms with Crippen LogP contribution in [0.3, 0.4) is 0 Å². The summed E-state index contributed by atoms with van der Waals surface area (Å²) in [6.45, 7) is 6.11. The van der Waals surface area contributed by atoms with Gasteiger partial charge in [0.1, 0.15) is 5.75 Å². The van der Waals surface area contributed by atoms with Crippen molar-refractivity contribution in [2.45, 2.75) is 32.9 Å². The Kier molecular flexibility index (Phi) is 4.84. The predicted molar refractivity (Wildman–Crippen MR) is 87.1 cm³/mol. The van der Waals surface area contributed by atoms with Gasteiger partial charge in [-0.25, -0.2) is 0 Å². The van der Waals surface area contributed by atoms with E-state index in [-0.39, 0.29) is 12.1 Å². The molecule has 3 heteroatoms. The van der Waals surface area contributed by atoms with Gasteiger partial charge in [0.05, 0.1) is 12.1 Å². The average Bonchev–Trinajstić information content (AvgIpc) is 2.41. The summed E-state index contributed by atoms with van der Waals surface area (Å²) in [6.07, 6.45) is 0.129. The fourth-order valence-electron chi connectivity index (χ4n) is 2.17. The molecule has 0 saturated carbocycles. The summed E-state index contributed by atoms with van der Waals surface area (Å²) in [6, 6.07) is 14.0. The Morgan fingerprint density at radius 1 is 1.05 bits per heavy atom. The van der Waals surface area contributed by atoms with Crippen molar-refractivity contribution in [2.24, 2.45) is 5.73 Å². The minimum Gasteiger partial charge on any atom is -0.491 e. The van der Waals surface area contributed by atoms with E-state index in [1.807, 2.05) is 44.2 Å². The highest BCUT2D eigenvalue weighted by Crippen LogP contribution is 2.33. The van der Waals surface area contributed by atoms with Crippen molar-refractivity contribution < 1.29 is 4.74 Å². The first-order valence-electron chi connectivity index (χ1n) is 6.76. The van der Waals surface area contributed by atoms with Crippen molar-refractivity contribution in [2.75, 3.05) is 0 Å². The molecule has 1 atom stereocenters. The van der Waals surface area contributed by atoms with Crippen LogP contribution >= 0.6 is 15.9 Å². The summed E-state index contributed by atoms with van der Waals surface area (Å²) in [4.78, 5) is 0. The lowest BCUT2D eigenvalue weighted by Gasteiger charge is -2.20. The van der Waals surface area contributed by atoms with Crippen molar-refractivity contribution in [3.05, 3.63) is 63.6 Å². The first-order valence-corrected chi connectivity index (χ1v) is 7.55. The van der Waals surface area contributed by atoms with Gasteiger partial charge in [-0.15, -0.1) is 0 Å². The van der Waals surface area contributed by atoms with E-state index in [2.05, 4.69) is 35.0 Å². The number of ether oxygens (including phenoxy) is 1. The third kappa shape index (κ3) is 3.41. The van der Waals surface area contributed by atoms with Gasteiger partial charge >= 0.3 is 0 Å². The van der Waals surface area contributed by atoms with E-state index in [9.17, 15) is 0 Å². The molecule has 20 heavy (non-hydrogen) atoms. The number of aryl methyl sites for hydroxylation is 1. The Morgan fingerprint density at radius 3 is 2.45 bits per heavy atom. The standard InChI is InChI=1S/C17H20BrNO/c1-11(2)20-16-7-5-4-6-13(16)17(19)14-10-12(3)8-9-15(14)18/h4-11,17H,19H2,1-3H3. The second-order valence-electron chi connectivity index (χ2n) is 5.21. The molecule has 0 saturated heterocycles. The molecule has 1 unspecified atom stereocenters. The van der Waals surface area contributed by atoms with Gasteiger partial charge in [0.25, 0.3) is 0 Å². The fourth-order valence-corrected chi connectivity index (χ4v) is 2.66. The van der Waals surface area contributed by atoms with E-state index in [1.165, 1.54) is 5.56 Å². The van der Waals surface area contributed by atoms with Crippen LogP contribution in [0.15, 0.2) is 46.9 Å². The SMILES string of the molecule is Cc1ccc(Br)c(C(N)c2ccccc2OC(C)C)c1. The molecule has 0 aliphatic carbocycles. The fraction of sp³-hybridized carbons (Fsp3) is 0.294. The molecule has 2 nitrogen and oxygen atoms in total. The van der Waals surface area contributed by atoms with E-state index in [1.54, 1.807) is 0 Å². The van der Waals surface area contributed by atoms with Crippen LogP contribution in [0.5, 0.6) is 5.75 Å². The molecule has 2 aromatic carbocycles. The van der Waals surface area contributed by atoms with Crippen LogP contribution < -0.4 is 10.5 Å². The highest BCUT2D eigenvalue weighted by atomic mass is 79.9. The molecule has 106 valence electrons. The molecule has 0 fully saturated rings. The third-order valence-corrected chi connectivity index (χ3v) is 3.83. The van der Waals surface area contributed by atoms with Gasteiger partial charge in [-0.2, -0.15) is 0 Å². The van der Waals surface area contributed by atoms with Crippen LogP contribution in [0, 0.1) is 6.92 Å². The monoisotopic (exact) mass is 333 g/mol. The second kappa shape index (κ2) is 6.42. The number of para-hydroxylation sites is 1. The van der Waals surface area contributed by atoms with Crippen molar-refractivity contribution in [1.29, 1.82) is 0 Å². The molecule has 0 aromatic heterocycles. The number of halogens is 1. The second-order valence-corrected chi connectivity index (χ2v) is 6.06. The van der Waals surface area contributed by atoms with Crippen LogP contribution in [0.25, 0.3) is 0 Å². The lowest BCUT2D eigenvalue weighted by atomic mass is 9.97. The summed E-state index contributed by atoms with van der Waals surface area (Å²) >= 11 is 3.58. The zero-order chi connectivity index (χ0) is 14.7. The van der Waals surface area contributed by atoms with Crippen LogP contribution in [-0.2, 0) is 0 Å². The number of rotatable bonds is 4. The molecule has 0 heterocycles. The van der Waals surface area contributed by atoms with Gasteiger partial charge < -0.3 is 10.5 Å². The highest BCUT2D eigenvalue weighted by Gasteiger charge is 2.17. The summed E-state index contributed by atoms with van der Waals surface area (Å²) < 4.78 is 6.89. The summed E-state index contributed by atoms with van der Waals surface area (Å²) in [5.41, 5.74) is 9.73. The Labute approximate surface area is 129 Å². The van der Waals surface area contributed by atoms with Crippen molar-refractivity contribution in [1.82, 2.24) is 0 Å². The van der Waals surface area contributed by atoms with Crippen LogP contribution in [-0.4, -0.2) is 6.10 Å². The maximum absolute atomic E-state index is 6.45. The van der Waals surface area contributed by atoms with Crippen molar-refractivity contribution in [3.8, 4) is 5.75 Å². The van der Waals surface area contributed by atoms with E-state index >= 15 is 0 Å². The Bertz CT molecular complexity index is 595. The molecule has 2 rings (SSSR count). The van der Waals surface area contributed by atoms with Crippen molar-refractivity contribution in [3.63, 3.8) is 0 Å². The minimum atomic E-state index is -0.209. The quantitative estimate of drug-likeness (QED) is 0.887. The molecule has 2 N–H and O–H groups in total. The normalized spacial score (nSPS) is 12.5. The first kappa shape index (κ1) is 15.1. The van der Waals surface area contributed by atoms with Crippen molar-refractivity contribution >= 4 is 15.9 Å². The third-order valence-electron chi connectivity index (χ3n) is 3.10. The van der Waals surface area contributed by atoms with Gasteiger partial charge in [-0.05, 0) is 38.5 Å². The number of benzene rings is 2. The topological polar surface area (TPSA) is 35.2 Å². The molecule has 0 bridgehead atoms. The first-order chi connectivity index (χ1) is 9.49. The van der Waals surface area contributed by atoms with Crippen LogP contribution in [0.2, 0.25) is 0 Å². The van der Waals surface area contributed by atoms with Gasteiger partial charge in [0, 0.05) is 10.0 Å². The number of hydrogen-bond donors (Lipinski definition) is 1. The van der Waals surface area contributed by atoms with Gasteiger partial charge in [-0.1, -0.05) is 51.8 Å². The number of nitrogens with two attached hydrogens (primary N) is 1. The van der Waals surface area contributed by atoms with Gasteiger partial charge in [-0.3, -0.25) is 0 Å². The lowest BCUT2D eigenvalue weighted by Crippen LogP contribution is -2.16. The zero-order valence-corrected chi connectivity index (χ0v) is 13.6. The lowest BCUT2D eigenvalue weighted by molar-refractivity contribution is 0.239. The van der Waals surface area contributed by atoms with E-state index in [0.717, 1.165) is 21.3 Å². The average molecular weight is 334 g/mol. The molecule has 0 spiro atoms. The summed E-state index contributed by atoms with van der Waals surface area (Å²) in [5.74, 6) is 0.850.